The third-order valence-corrected chi connectivity index (χ3v) is 3.04. The molecule has 130 valence electrons. The van der Waals surface area contributed by atoms with Crippen molar-refractivity contribution in [3.05, 3.63) is 48.0 Å². The van der Waals surface area contributed by atoms with Crippen LogP contribution in [0, 0.1) is 0 Å². The molecule has 1 atom stereocenters. The number of urea groups is 1. The van der Waals surface area contributed by atoms with Gasteiger partial charge in [0.25, 0.3) is 0 Å². The highest BCUT2D eigenvalue weighted by molar-refractivity contribution is 5.91. The molecule has 0 aliphatic heterocycles. The number of methoxy groups -OCH3 is 1. The molecular weight excluding hydrogens is 312 g/mol. The maximum atomic E-state index is 11.8. The zero-order valence-electron chi connectivity index (χ0n) is 14.0. The van der Waals surface area contributed by atoms with Crippen molar-refractivity contribution in [3.8, 4) is 0 Å². The summed E-state index contributed by atoms with van der Waals surface area (Å²) in [6.07, 6.45) is 2.47. The monoisotopic (exact) mass is 334 g/mol. The summed E-state index contributed by atoms with van der Waals surface area (Å²) in [5.74, 6) is -1.33. The van der Waals surface area contributed by atoms with Crippen LogP contribution < -0.4 is 5.32 Å². The number of nitrogens with one attached hydrogen (secondary N) is 1. The van der Waals surface area contributed by atoms with Gasteiger partial charge in [-0.3, -0.25) is 0 Å². The van der Waals surface area contributed by atoms with Crippen LogP contribution in [0.5, 0.6) is 0 Å². The van der Waals surface area contributed by atoms with Gasteiger partial charge < -0.3 is 19.7 Å². The van der Waals surface area contributed by atoms with Crippen molar-refractivity contribution in [2.75, 3.05) is 27.8 Å². The molecule has 1 N–H and O–H groups in total. The van der Waals surface area contributed by atoms with Gasteiger partial charge in [0.15, 0.2) is 0 Å². The Labute approximate surface area is 141 Å². The fourth-order valence-electron chi connectivity index (χ4n) is 1.79. The van der Waals surface area contributed by atoms with Crippen LogP contribution in [0.1, 0.15) is 5.56 Å². The van der Waals surface area contributed by atoms with E-state index in [2.05, 4.69) is 10.1 Å². The maximum absolute atomic E-state index is 11.8. The van der Waals surface area contributed by atoms with Crippen LogP contribution in [0.2, 0.25) is 0 Å². The number of benzene rings is 1. The lowest BCUT2D eigenvalue weighted by Crippen LogP contribution is -2.45. The minimum atomic E-state index is -0.683. The van der Waals surface area contributed by atoms with Crippen molar-refractivity contribution < 1.29 is 23.9 Å². The van der Waals surface area contributed by atoms with Crippen LogP contribution in [-0.2, 0) is 25.5 Å². The number of rotatable bonds is 7. The van der Waals surface area contributed by atoms with E-state index in [1.54, 1.807) is 14.1 Å². The van der Waals surface area contributed by atoms with E-state index in [4.69, 9.17) is 4.74 Å². The summed E-state index contributed by atoms with van der Waals surface area (Å²) in [5, 5.41) is 2.79. The first kappa shape index (κ1) is 19.2. The molecule has 0 aliphatic rings. The number of hydrogen-bond acceptors (Lipinski definition) is 5. The fraction of sp³-hybridized carbons (Fsp3) is 0.353. The summed E-state index contributed by atoms with van der Waals surface area (Å²) in [7, 11) is 4.46. The van der Waals surface area contributed by atoms with E-state index in [-0.39, 0.29) is 12.6 Å². The smallest absolute Gasteiger partial charge is 0.331 e. The highest BCUT2D eigenvalue weighted by Crippen LogP contribution is 2.04. The largest absolute Gasteiger partial charge is 0.466 e. The zero-order chi connectivity index (χ0) is 17.9. The number of esters is 2. The minimum absolute atomic E-state index is 0.0151. The van der Waals surface area contributed by atoms with E-state index >= 15 is 0 Å². The second-order valence-corrected chi connectivity index (χ2v) is 5.22. The van der Waals surface area contributed by atoms with Gasteiger partial charge in [-0.15, -0.1) is 0 Å². The quantitative estimate of drug-likeness (QED) is 0.597. The number of carbonyl (C=O) groups excluding carboxylic acids is 3. The summed E-state index contributed by atoms with van der Waals surface area (Å²) >= 11 is 0. The Kier molecular flexibility index (Phi) is 8.04. The SMILES string of the molecule is COC(=O)/C=C/C(=O)OC[C@H](Cc1ccccc1)NC(=O)N(C)C. The van der Waals surface area contributed by atoms with E-state index in [1.807, 2.05) is 30.3 Å². The van der Waals surface area contributed by atoms with Gasteiger partial charge in [-0.1, -0.05) is 30.3 Å². The van der Waals surface area contributed by atoms with Gasteiger partial charge in [0.2, 0.25) is 0 Å². The van der Waals surface area contributed by atoms with Crippen molar-refractivity contribution in [2.45, 2.75) is 12.5 Å². The number of nitrogens with zero attached hydrogens (tertiary/aromatic N) is 1. The molecule has 0 radical (unpaired) electrons. The lowest BCUT2D eigenvalue weighted by molar-refractivity contribution is -0.139. The van der Waals surface area contributed by atoms with E-state index in [0.29, 0.717) is 6.42 Å². The number of amides is 2. The number of hydrogen-bond donors (Lipinski definition) is 1. The highest BCUT2D eigenvalue weighted by Gasteiger charge is 2.16. The maximum Gasteiger partial charge on any atom is 0.331 e. The van der Waals surface area contributed by atoms with Gasteiger partial charge in [-0.2, -0.15) is 0 Å². The molecule has 0 saturated carbocycles. The molecule has 7 nitrogen and oxygen atoms in total. The Morgan fingerprint density at radius 3 is 2.33 bits per heavy atom. The number of ether oxygens (including phenoxy) is 2. The average molecular weight is 334 g/mol. The highest BCUT2D eigenvalue weighted by atomic mass is 16.5. The summed E-state index contributed by atoms with van der Waals surface area (Å²) < 4.78 is 9.47. The predicted molar refractivity (Wildman–Crippen MR) is 88.3 cm³/mol. The molecule has 0 spiro atoms. The number of carbonyl (C=O) groups is 3. The van der Waals surface area contributed by atoms with E-state index < -0.39 is 18.0 Å². The molecule has 1 aromatic carbocycles. The second-order valence-electron chi connectivity index (χ2n) is 5.22. The first-order valence-corrected chi connectivity index (χ1v) is 7.37. The Balaban J connectivity index is 2.64. The third-order valence-electron chi connectivity index (χ3n) is 3.04. The Hall–Kier alpha value is -2.83. The molecule has 0 fully saturated rings. The van der Waals surface area contributed by atoms with Gasteiger partial charge in [0.05, 0.1) is 13.2 Å². The van der Waals surface area contributed by atoms with Crippen molar-refractivity contribution in [1.82, 2.24) is 10.2 Å². The van der Waals surface area contributed by atoms with Crippen molar-refractivity contribution >= 4 is 18.0 Å². The van der Waals surface area contributed by atoms with Gasteiger partial charge >= 0.3 is 18.0 Å². The molecule has 0 heterocycles. The Morgan fingerprint density at radius 2 is 1.75 bits per heavy atom. The topological polar surface area (TPSA) is 84.9 Å². The van der Waals surface area contributed by atoms with Crippen LogP contribution in [0.4, 0.5) is 4.79 Å². The first-order chi connectivity index (χ1) is 11.4. The lowest BCUT2D eigenvalue weighted by Gasteiger charge is -2.21. The summed E-state index contributed by atoms with van der Waals surface area (Å²) in [5.41, 5.74) is 1.00. The molecule has 24 heavy (non-hydrogen) atoms. The molecule has 7 heteroatoms. The Bertz CT molecular complexity index is 584. The molecular formula is C17H22N2O5. The summed E-state index contributed by atoms with van der Waals surface area (Å²) in [6, 6.07) is 8.86. The average Bonchev–Trinajstić information content (AvgIpc) is 2.58. The minimum Gasteiger partial charge on any atom is -0.466 e. The molecule has 1 aromatic rings. The van der Waals surface area contributed by atoms with Gasteiger partial charge in [-0.25, -0.2) is 14.4 Å². The van der Waals surface area contributed by atoms with Crippen molar-refractivity contribution in [2.24, 2.45) is 0 Å². The van der Waals surface area contributed by atoms with Crippen LogP contribution in [0.15, 0.2) is 42.5 Å². The van der Waals surface area contributed by atoms with Crippen LogP contribution >= 0.6 is 0 Å². The lowest BCUT2D eigenvalue weighted by atomic mass is 10.1. The first-order valence-electron chi connectivity index (χ1n) is 7.37. The molecule has 1 rings (SSSR count). The molecule has 0 unspecified atom stereocenters. The molecule has 0 saturated heterocycles. The van der Waals surface area contributed by atoms with E-state index in [9.17, 15) is 14.4 Å². The summed E-state index contributed by atoms with van der Waals surface area (Å²) in [4.78, 5) is 35.8. The van der Waals surface area contributed by atoms with E-state index in [1.165, 1.54) is 12.0 Å². The van der Waals surface area contributed by atoms with Crippen molar-refractivity contribution in [3.63, 3.8) is 0 Å². The van der Waals surface area contributed by atoms with Crippen LogP contribution in [0.3, 0.4) is 0 Å². The van der Waals surface area contributed by atoms with Gasteiger partial charge in [-0.05, 0) is 12.0 Å². The third kappa shape index (κ3) is 7.44. The Morgan fingerprint density at radius 1 is 1.12 bits per heavy atom. The molecule has 0 aromatic heterocycles. The summed E-state index contributed by atoms with van der Waals surface area (Å²) in [6.45, 7) is -0.0151. The fourth-order valence-corrected chi connectivity index (χ4v) is 1.79. The zero-order valence-corrected chi connectivity index (χ0v) is 14.0. The van der Waals surface area contributed by atoms with Crippen molar-refractivity contribution in [1.29, 1.82) is 0 Å². The van der Waals surface area contributed by atoms with Gasteiger partial charge in [0.1, 0.15) is 6.61 Å². The van der Waals surface area contributed by atoms with Crippen LogP contribution in [0.25, 0.3) is 0 Å². The van der Waals surface area contributed by atoms with E-state index in [0.717, 1.165) is 17.7 Å². The molecule has 0 aliphatic carbocycles. The van der Waals surface area contributed by atoms with Gasteiger partial charge in [0, 0.05) is 26.2 Å². The molecule has 2 amide bonds. The van der Waals surface area contributed by atoms with Crippen LogP contribution in [-0.4, -0.2) is 56.7 Å². The second kappa shape index (κ2) is 10.0. The predicted octanol–water partition coefficient (Wildman–Crippen LogP) is 1.14. The normalized spacial score (nSPS) is 11.6. The molecule has 0 bridgehead atoms. The standard InChI is InChI=1S/C17H22N2O5/c1-19(2)17(22)18-14(11-13-7-5-4-6-8-13)12-24-16(21)10-9-15(20)23-3/h4-10,14H,11-12H2,1-3H3,(H,18,22)/b10-9+/t14-/m0/s1.